The van der Waals surface area contributed by atoms with E-state index < -0.39 is 0 Å². The minimum atomic E-state index is -0.0567. The summed E-state index contributed by atoms with van der Waals surface area (Å²) in [6.45, 7) is 7.00. The van der Waals surface area contributed by atoms with Crippen LogP contribution in [0.5, 0.6) is 0 Å². The minimum Gasteiger partial charge on any atom is -0.394 e. The highest BCUT2D eigenvalue weighted by Crippen LogP contribution is 2.06. The first kappa shape index (κ1) is 11.8. The number of nitrogens with zero attached hydrogens (tertiary/aromatic N) is 1. The number of aromatic nitrogens is 1. The molecule has 0 bridgehead atoms. The smallest absolute Gasteiger partial charge is 0.273 e. The number of hydrogen-bond donors (Lipinski definition) is 1. The van der Waals surface area contributed by atoms with Gasteiger partial charge in [0.15, 0.2) is 0 Å². The van der Waals surface area contributed by atoms with Crippen molar-refractivity contribution in [3.8, 4) is 0 Å². The van der Waals surface area contributed by atoms with E-state index in [9.17, 15) is 4.79 Å². The zero-order valence-corrected chi connectivity index (χ0v) is 9.79. The third kappa shape index (κ3) is 3.11. The van der Waals surface area contributed by atoms with Gasteiger partial charge >= 0.3 is 0 Å². The highest BCUT2D eigenvalue weighted by Gasteiger charge is 2.03. The summed E-state index contributed by atoms with van der Waals surface area (Å²) in [7, 11) is 0. The maximum atomic E-state index is 11.7. The molecule has 3 nitrogen and oxygen atoms in total. The van der Waals surface area contributed by atoms with Crippen LogP contribution in [0.3, 0.4) is 0 Å². The molecule has 1 rings (SSSR count). The van der Waals surface area contributed by atoms with Crippen molar-refractivity contribution in [2.24, 2.45) is 5.92 Å². The summed E-state index contributed by atoms with van der Waals surface area (Å²) in [6.07, 6.45) is 3.99. The Hall–Kier alpha value is -1.25. The Kier molecular flexibility index (Phi) is 3.95. The summed E-state index contributed by atoms with van der Waals surface area (Å²) in [5.74, 6) is 0.684. The van der Waals surface area contributed by atoms with Crippen molar-refractivity contribution in [2.45, 2.75) is 40.2 Å². The maximum absolute atomic E-state index is 11.7. The van der Waals surface area contributed by atoms with Gasteiger partial charge in [0.2, 0.25) is 0 Å². The van der Waals surface area contributed by atoms with Crippen molar-refractivity contribution in [1.82, 2.24) is 4.57 Å². The molecule has 0 aliphatic rings. The molecule has 0 fully saturated rings. The minimum absolute atomic E-state index is 0.0567. The van der Waals surface area contributed by atoms with Crippen LogP contribution >= 0.6 is 0 Å². The van der Waals surface area contributed by atoms with Crippen molar-refractivity contribution in [3.63, 3.8) is 0 Å². The largest absolute Gasteiger partial charge is 0.394 e. The monoisotopic (exact) mass is 208 g/mol. The first-order valence-electron chi connectivity index (χ1n) is 5.48. The first-order valence-corrected chi connectivity index (χ1v) is 5.48. The molecule has 0 aliphatic heterocycles. The van der Waals surface area contributed by atoms with E-state index in [-0.39, 0.29) is 5.56 Å². The molecule has 84 valence electrons. The Morgan fingerprint density at radius 1 is 1.47 bits per heavy atom. The van der Waals surface area contributed by atoms with E-state index in [2.05, 4.69) is 13.8 Å². The van der Waals surface area contributed by atoms with Gasteiger partial charge in [-0.2, -0.15) is 0 Å². The van der Waals surface area contributed by atoms with E-state index in [1.54, 1.807) is 4.57 Å². The predicted molar refractivity (Wildman–Crippen MR) is 63.9 cm³/mol. The van der Waals surface area contributed by atoms with Gasteiger partial charge in [0.05, 0.1) is 0 Å². The normalized spacial score (nSPS) is 10.9. The number of anilines is 1. The van der Waals surface area contributed by atoms with Crippen LogP contribution in [0.2, 0.25) is 0 Å². The molecule has 2 N–H and O–H groups in total. The fourth-order valence-corrected chi connectivity index (χ4v) is 1.53. The third-order valence-electron chi connectivity index (χ3n) is 2.60. The zero-order valence-electron chi connectivity index (χ0n) is 9.79. The van der Waals surface area contributed by atoms with Crippen LogP contribution in [-0.4, -0.2) is 4.57 Å². The molecule has 0 spiro atoms. The zero-order chi connectivity index (χ0) is 11.4. The van der Waals surface area contributed by atoms with Gasteiger partial charge in [-0.1, -0.05) is 13.8 Å². The molecular weight excluding hydrogens is 188 g/mol. The van der Waals surface area contributed by atoms with Gasteiger partial charge in [0.1, 0.15) is 5.69 Å². The van der Waals surface area contributed by atoms with Gasteiger partial charge in [0.25, 0.3) is 5.56 Å². The Balaban J connectivity index is 2.71. The van der Waals surface area contributed by atoms with Gasteiger partial charge < -0.3 is 10.3 Å². The van der Waals surface area contributed by atoms with E-state index in [1.165, 1.54) is 0 Å². The SMILES string of the molecule is Cc1ccn(CCCC(C)C)c(=O)c1N. The van der Waals surface area contributed by atoms with Crippen molar-refractivity contribution >= 4 is 5.69 Å². The lowest BCUT2D eigenvalue weighted by atomic mass is 10.1. The van der Waals surface area contributed by atoms with Gasteiger partial charge in [-0.05, 0) is 37.3 Å². The second kappa shape index (κ2) is 5.01. The van der Waals surface area contributed by atoms with Crippen molar-refractivity contribution < 1.29 is 0 Å². The molecule has 0 unspecified atom stereocenters. The van der Waals surface area contributed by atoms with Crippen molar-refractivity contribution in [2.75, 3.05) is 5.73 Å². The Morgan fingerprint density at radius 2 is 2.13 bits per heavy atom. The van der Waals surface area contributed by atoms with Crippen LogP contribution in [0, 0.1) is 12.8 Å². The van der Waals surface area contributed by atoms with Crippen molar-refractivity contribution in [1.29, 1.82) is 0 Å². The summed E-state index contributed by atoms with van der Waals surface area (Å²) in [5.41, 5.74) is 6.86. The van der Waals surface area contributed by atoms with Crippen LogP contribution < -0.4 is 11.3 Å². The topological polar surface area (TPSA) is 48.0 Å². The van der Waals surface area contributed by atoms with Gasteiger partial charge in [-0.15, -0.1) is 0 Å². The lowest BCUT2D eigenvalue weighted by molar-refractivity contribution is 0.506. The maximum Gasteiger partial charge on any atom is 0.273 e. The molecule has 3 heteroatoms. The van der Waals surface area contributed by atoms with Gasteiger partial charge in [-0.3, -0.25) is 4.79 Å². The van der Waals surface area contributed by atoms with E-state index in [0.29, 0.717) is 11.6 Å². The van der Waals surface area contributed by atoms with Crippen LogP contribution in [0.4, 0.5) is 5.69 Å². The van der Waals surface area contributed by atoms with E-state index >= 15 is 0 Å². The number of nitrogen functional groups attached to an aromatic ring is 1. The molecule has 0 saturated heterocycles. The second-order valence-corrected chi connectivity index (χ2v) is 4.45. The molecule has 0 radical (unpaired) electrons. The Labute approximate surface area is 90.9 Å². The quantitative estimate of drug-likeness (QED) is 0.824. The standard InChI is InChI=1S/C12H20N2O/c1-9(2)5-4-7-14-8-6-10(3)11(13)12(14)15/h6,8-9H,4-5,7,13H2,1-3H3. The van der Waals surface area contributed by atoms with Gasteiger partial charge in [0, 0.05) is 12.7 Å². The number of rotatable bonds is 4. The average Bonchev–Trinajstić information content (AvgIpc) is 2.18. The molecule has 0 saturated carbocycles. The van der Waals surface area contributed by atoms with Crippen LogP contribution in [0.15, 0.2) is 17.1 Å². The molecule has 1 aromatic rings. The number of hydrogen-bond acceptors (Lipinski definition) is 2. The van der Waals surface area contributed by atoms with Crippen LogP contribution in [-0.2, 0) is 6.54 Å². The Morgan fingerprint density at radius 3 is 2.73 bits per heavy atom. The van der Waals surface area contributed by atoms with E-state index in [1.807, 2.05) is 19.2 Å². The summed E-state index contributed by atoms with van der Waals surface area (Å²) in [6, 6.07) is 1.89. The molecule has 1 aromatic heterocycles. The third-order valence-corrected chi connectivity index (χ3v) is 2.60. The molecule has 0 amide bonds. The predicted octanol–water partition coefficient (Wildman–Crippen LogP) is 2.18. The Bertz CT molecular complexity index is 380. The summed E-state index contributed by atoms with van der Waals surface area (Å²) in [5, 5.41) is 0. The summed E-state index contributed by atoms with van der Waals surface area (Å²) < 4.78 is 1.70. The molecule has 0 aliphatic carbocycles. The van der Waals surface area contributed by atoms with Gasteiger partial charge in [-0.25, -0.2) is 0 Å². The highest BCUT2D eigenvalue weighted by molar-refractivity contribution is 5.42. The van der Waals surface area contributed by atoms with E-state index in [0.717, 1.165) is 24.9 Å². The fourth-order valence-electron chi connectivity index (χ4n) is 1.53. The molecule has 0 aromatic carbocycles. The number of aryl methyl sites for hydroxylation is 2. The van der Waals surface area contributed by atoms with Crippen LogP contribution in [0.25, 0.3) is 0 Å². The molecule has 15 heavy (non-hydrogen) atoms. The molecular formula is C12H20N2O. The average molecular weight is 208 g/mol. The first-order chi connectivity index (χ1) is 7.02. The number of nitrogens with two attached hydrogens (primary N) is 1. The van der Waals surface area contributed by atoms with Crippen LogP contribution in [0.1, 0.15) is 32.3 Å². The number of pyridine rings is 1. The highest BCUT2D eigenvalue weighted by atomic mass is 16.1. The summed E-state index contributed by atoms with van der Waals surface area (Å²) in [4.78, 5) is 11.7. The fraction of sp³-hybridized carbons (Fsp3) is 0.583. The lowest BCUT2D eigenvalue weighted by Gasteiger charge is -2.09. The summed E-state index contributed by atoms with van der Waals surface area (Å²) >= 11 is 0. The van der Waals surface area contributed by atoms with Crippen molar-refractivity contribution in [3.05, 3.63) is 28.2 Å². The van der Waals surface area contributed by atoms with E-state index in [4.69, 9.17) is 5.73 Å². The molecule has 1 heterocycles. The second-order valence-electron chi connectivity index (χ2n) is 4.45. The lowest BCUT2D eigenvalue weighted by Crippen LogP contribution is -2.23. The molecule has 0 atom stereocenters.